The summed E-state index contributed by atoms with van der Waals surface area (Å²) >= 11 is 1.47. The number of carbonyl (C=O) groups excluding carboxylic acids is 1. The zero-order chi connectivity index (χ0) is 17.0. The van der Waals surface area contributed by atoms with Crippen LogP contribution >= 0.6 is 11.3 Å². The average molecular weight is 338 g/mol. The highest BCUT2D eigenvalue weighted by Gasteiger charge is 2.27. The molecule has 1 atom stereocenters. The van der Waals surface area contributed by atoms with Gasteiger partial charge in [0.25, 0.3) is 0 Å². The first-order valence-electron chi connectivity index (χ1n) is 6.84. The maximum absolute atomic E-state index is 13.7. The summed E-state index contributed by atoms with van der Waals surface area (Å²) in [6, 6.07) is 2.90. The molecule has 0 bridgehead atoms. The number of nitrogens with zero attached hydrogens (tertiary/aromatic N) is 1. The molecule has 0 saturated carbocycles. The van der Waals surface area contributed by atoms with Crippen molar-refractivity contribution in [2.45, 2.75) is 19.4 Å². The molecule has 2 aromatic rings. The predicted octanol–water partition coefficient (Wildman–Crippen LogP) is 2.77. The van der Waals surface area contributed by atoms with Crippen molar-refractivity contribution < 1.29 is 18.7 Å². The summed E-state index contributed by atoms with van der Waals surface area (Å²) in [4.78, 5) is 15.9. The summed E-state index contributed by atoms with van der Waals surface area (Å²) in [5.74, 6) is -2.04. The van der Waals surface area contributed by atoms with Gasteiger partial charge in [-0.1, -0.05) is 6.07 Å². The molecule has 0 fully saturated rings. The molecule has 0 aliphatic carbocycles. The third-order valence-electron chi connectivity index (χ3n) is 3.16. The molecule has 1 amide bonds. The van der Waals surface area contributed by atoms with E-state index in [2.05, 4.69) is 10.3 Å². The highest BCUT2D eigenvalue weighted by atomic mass is 32.1. The summed E-state index contributed by atoms with van der Waals surface area (Å²) in [7, 11) is 0. The van der Waals surface area contributed by atoms with Gasteiger partial charge in [0, 0.05) is 23.1 Å². The van der Waals surface area contributed by atoms with E-state index in [9.17, 15) is 18.7 Å². The topological polar surface area (TPSA) is 62.2 Å². The van der Waals surface area contributed by atoms with Crippen LogP contribution in [0.25, 0.3) is 6.08 Å². The van der Waals surface area contributed by atoms with Crippen molar-refractivity contribution in [2.75, 3.05) is 6.54 Å². The lowest BCUT2D eigenvalue weighted by atomic mass is 9.95. The van der Waals surface area contributed by atoms with Gasteiger partial charge in [-0.2, -0.15) is 0 Å². The Bertz CT molecular complexity index is 741. The van der Waals surface area contributed by atoms with Crippen LogP contribution in [0.2, 0.25) is 0 Å². The molecule has 1 aromatic heterocycles. The summed E-state index contributed by atoms with van der Waals surface area (Å²) in [5.41, 5.74) is -1.07. The Morgan fingerprint density at radius 3 is 2.83 bits per heavy atom. The summed E-state index contributed by atoms with van der Waals surface area (Å²) in [6.07, 6.45) is 2.83. The second kappa shape index (κ2) is 6.97. The minimum absolute atomic E-state index is 0.0849. The van der Waals surface area contributed by atoms with E-state index < -0.39 is 23.1 Å². The Labute approximate surface area is 136 Å². The van der Waals surface area contributed by atoms with Gasteiger partial charge < -0.3 is 10.4 Å². The zero-order valence-electron chi connectivity index (χ0n) is 12.6. The number of halogens is 2. The Kier molecular flexibility index (Phi) is 5.23. The lowest BCUT2D eigenvalue weighted by Crippen LogP contribution is -2.38. The quantitative estimate of drug-likeness (QED) is 0.824. The number of carbonyl (C=O) groups is 1. The van der Waals surface area contributed by atoms with E-state index in [0.29, 0.717) is 11.8 Å². The van der Waals surface area contributed by atoms with E-state index >= 15 is 0 Å². The lowest BCUT2D eigenvalue weighted by Gasteiger charge is -2.24. The molecule has 1 aromatic carbocycles. The van der Waals surface area contributed by atoms with Crippen LogP contribution in [0.15, 0.2) is 29.7 Å². The van der Waals surface area contributed by atoms with Crippen molar-refractivity contribution in [3.05, 3.63) is 57.6 Å². The van der Waals surface area contributed by atoms with Crippen molar-refractivity contribution in [1.29, 1.82) is 0 Å². The summed E-state index contributed by atoms with van der Waals surface area (Å²) in [5, 5.41) is 15.5. The molecular formula is C16H16F2N2O2S. The third-order valence-corrected chi connectivity index (χ3v) is 3.95. The van der Waals surface area contributed by atoms with E-state index in [4.69, 9.17) is 0 Å². The second-order valence-corrected chi connectivity index (χ2v) is 6.30. The number of benzene rings is 1. The molecular weight excluding hydrogens is 322 g/mol. The fourth-order valence-corrected chi connectivity index (χ4v) is 2.54. The minimum atomic E-state index is -1.65. The Hall–Kier alpha value is -2.12. The van der Waals surface area contributed by atoms with E-state index in [1.165, 1.54) is 24.3 Å². The molecule has 1 unspecified atom stereocenters. The lowest BCUT2D eigenvalue weighted by molar-refractivity contribution is -0.117. The van der Waals surface area contributed by atoms with Gasteiger partial charge in [0.1, 0.15) is 17.2 Å². The van der Waals surface area contributed by atoms with Gasteiger partial charge >= 0.3 is 0 Å². The van der Waals surface area contributed by atoms with E-state index in [-0.39, 0.29) is 12.1 Å². The number of thiazole rings is 1. The normalized spacial score (nSPS) is 14.0. The molecule has 0 aliphatic rings. The molecule has 2 rings (SSSR count). The van der Waals surface area contributed by atoms with Crippen molar-refractivity contribution in [2.24, 2.45) is 0 Å². The molecule has 0 saturated heterocycles. The summed E-state index contributed by atoms with van der Waals surface area (Å²) in [6.45, 7) is 2.99. The molecule has 2 N–H and O–H groups in total. The van der Waals surface area contributed by atoms with Crippen molar-refractivity contribution in [1.82, 2.24) is 10.3 Å². The third kappa shape index (κ3) is 4.67. The monoisotopic (exact) mass is 338 g/mol. The number of amides is 1. The van der Waals surface area contributed by atoms with Gasteiger partial charge in [-0.05, 0) is 26.0 Å². The SMILES string of the molecule is Cc1nc(/C=C/C(=O)NCC(C)(O)c2ccc(F)cc2F)cs1. The molecule has 7 heteroatoms. The largest absolute Gasteiger partial charge is 0.383 e. The minimum Gasteiger partial charge on any atom is -0.383 e. The van der Waals surface area contributed by atoms with Crippen LogP contribution in [0.5, 0.6) is 0 Å². The number of hydrogen-bond acceptors (Lipinski definition) is 4. The molecule has 4 nitrogen and oxygen atoms in total. The van der Waals surface area contributed by atoms with Crippen LogP contribution in [0, 0.1) is 18.6 Å². The van der Waals surface area contributed by atoms with Crippen molar-refractivity contribution >= 4 is 23.3 Å². The average Bonchev–Trinajstić information content (AvgIpc) is 2.88. The second-order valence-electron chi connectivity index (χ2n) is 5.24. The van der Waals surface area contributed by atoms with Crippen LogP contribution in [0.1, 0.15) is 23.2 Å². The highest BCUT2D eigenvalue weighted by Crippen LogP contribution is 2.23. The van der Waals surface area contributed by atoms with E-state index in [0.717, 1.165) is 17.1 Å². The number of hydrogen-bond donors (Lipinski definition) is 2. The number of aryl methyl sites for hydroxylation is 1. The molecule has 0 radical (unpaired) electrons. The maximum atomic E-state index is 13.7. The van der Waals surface area contributed by atoms with E-state index in [1.54, 1.807) is 6.08 Å². The van der Waals surface area contributed by atoms with Crippen LogP contribution in [0.4, 0.5) is 8.78 Å². The van der Waals surface area contributed by atoms with Gasteiger partial charge in [0.15, 0.2) is 0 Å². The fraction of sp³-hybridized carbons (Fsp3) is 0.250. The van der Waals surface area contributed by atoms with Crippen molar-refractivity contribution in [3.63, 3.8) is 0 Å². The standard InChI is InChI=1S/C16H16F2N2O2S/c1-10-20-12(8-23-10)4-6-15(21)19-9-16(2,22)13-5-3-11(17)7-14(13)18/h3-8,22H,9H2,1-2H3,(H,19,21)/b6-4+. The molecule has 0 aliphatic heterocycles. The fourth-order valence-electron chi connectivity index (χ4n) is 1.96. The Morgan fingerprint density at radius 2 is 2.22 bits per heavy atom. The highest BCUT2D eigenvalue weighted by molar-refractivity contribution is 7.09. The van der Waals surface area contributed by atoms with Gasteiger partial charge in [-0.25, -0.2) is 13.8 Å². The number of nitrogens with one attached hydrogen (secondary N) is 1. The van der Waals surface area contributed by atoms with Crippen LogP contribution in [0.3, 0.4) is 0 Å². The van der Waals surface area contributed by atoms with E-state index in [1.807, 2.05) is 12.3 Å². The van der Waals surface area contributed by atoms with Gasteiger partial charge in [-0.3, -0.25) is 4.79 Å². The first-order valence-corrected chi connectivity index (χ1v) is 7.72. The smallest absolute Gasteiger partial charge is 0.244 e. The van der Waals surface area contributed by atoms with Crippen LogP contribution in [-0.4, -0.2) is 22.5 Å². The number of rotatable bonds is 5. The maximum Gasteiger partial charge on any atom is 0.244 e. The van der Waals surface area contributed by atoms with Crippen LogP contribution < -0.4 is 5.32 Å². The predicted molar refractivity (Wildman–Crippen MR) is 84.8 cm³/mol. The van der Waals surface area contributed by atoms with Gasteiger partial charge in [0.2, 0.25) is 5.91 Å². The molecule has 122 valence electrons. The number of aliphatic hydroxyl groups is 1. The van der Waals surface area contributed by atoms with Gasteiger partial charge in [-0.15, -0.1) is 11.3 Å². The van der Waals surface area contributed by atoms with Gasteiger partial charge in [0.05, 0.1) is 17.2 Å². The van der Waals surface area contributed by atoms with Crippen LogP contribution in [-0.2, 0) is 10.4 Å². The summed E-state index contributed by atoms with van der Waals surface area (Å²) < 4.78 is 26.6. The molecule has 0 spiro atoms. The number of aromatic nitrogens is 1. The Balaban J connectivity index is 1.98. The molecule has 23 heavy (non-hydrogen) atoms. The first kappa shape index (κ1) is 17.2. The Morgan fingerprint density at radius 1 is 1.48 bits per heavy atom. The van der Waals surface area contributed by atoms with Crippen molar-refractivity contribution in [3.8, 4) is 0 Å². The first-order chi connectivity index (χ1) is 10.8. The zero-order valence-corrected chi connectivity index (χ0v) is 13.5. The molecule has 1 heterocycles.